The smallest absolute Gasteiger partial charge is 0.238 e. The first-order valence-corrected chi connectivity index (χ1v) is 11.4. The number of benzene rings is 2. The Morgan fingerprint density at radius 1 is 1.03 bits per heavy atom. The van der Waals surface area contributed by atoms with Crippen molar-refractivity contribution < 1.29 is 19.1 Å². The van der Waals surface area contributed by atoms with Gasteiger partial charge in [-0.1, -0.05) is 6.07 Å². The van der Waals surface area contributed by atoms with E-state index in [0.717, 1.165) is 5.69 Å². The van der Waals surface area contributed by atoms with Gasteiger partial charge in [0.15, 0.2) is 5.82 Å². The van der Waals surface area contributed by atoms with Gasteiger partial charge >= 0.3 is 0 Å². The number of aromatic nitrogens is 4. The summed E-state index contributed by atoms with van der Waals surface area (Å²) < 4.78 is 12.6. The summed E-state index contributed by atoms with van der Waals surface area (Å²) in [5.41, 5.74) is 2.21. The third-order valence-corrected chi connectivity index (χ3v) is 5.79. The van der Waals surface area contributed by atoms with E-state index in [1.54, 1.807) is 59.2 Å². The summed E-state index contributed by atoms with van der Waals surface area (Å²) in [4.78, 5) is 27.0. The molecule has 1 atom stereocenters. The molecule has 2 aromatic heterocycles. The van der Waals surface area contributed by atoms with Crippen molar-refractivity contribution in [2.45, 2.75) is 13.3 Å². The van der Waals surface area contributed by atoms with E-state index in [0.29, 0.717) is 41.1 Å². The summed E-state index contributed by atoms with van der Waals surface area (Å²) in [6.45, 7) is 2.21. The summed E-state index contributed by atoms with van der Waals surface area (Å²) >= 11 is 0. The lowest BCUT2D eigenvalue weighted by atomic mass is 10.1. The third-order valence-electron chi connectivity index (χ3n) is 5.79. The molecule has 36 heavy (non-hydrogen) atoms. The molecule has 1 aliphatic rings. The van der Waals surface area contributed by atoms with Crippen LogP contribution < -0.4 is 19.7 Å². The molecule has 0 bridgehead atoms. The van der Waals surface area contributed by atoms with Crippen LogP contribution >= 0.6 is 0 Å². The number of nitrogens with zero attached hydrogens (tertiary/aromatic N) is 5. The Hall–Kier alpha value is -4.73. The number of carbonyl (C=O) groups excluding carboxylic acids is 2. The molecule has 0 spiro atoms. The maximum absolute atomic E-state index is 12.8. The van der Waals surface area contributed by atoms with Crippen molar-refractivity contribution in [3.8, 4) is 23.2 Å². The minimum atomic E-state index is -0.452. The highest BCUT2D eigenvalue weighted by Gasteiger charge is 2.35. The minimum absolute atomic E-state index is 0.0954. The molecule has 1 saturated heterocycles. The number of anilines is 2. The fraction of sp³-hybridized carbons (Fsp3) is 0.192. The molecule has 0 radical (unpaired) electrons. The predicted molar refractivity (Wildman–Crippen MR) is 132 cm³/mol. The topological polar surface area (TPSA) is 111 Å². The van der Waals surface area contributed by atoms with Gasteiger partial charge < -0.3 is 19.7 Å². The number of ether oxygens (including phenoxy) is 2. The standard InChI is InChI=1S/C26H24N6O4/c1-17-12-13-32(30-17)23-10-11-24(29-28-23)36-21-8-6-19(7-9-21)27-26(34)18-14-25(33)31(16-18)20-4-3-5-22(15-20)35-2/h3-13,15,18H,14,16H2,1-2H3,(H,27,34). The van der Waals surface area contributed by atoms with Gasteiger partial charge in [-0.05, 0) is 55.5 Å². The van der Waals surface area contributed by atoms with Gasteiger partial charge in [0.2, 0.25) is 17.7 Å². The summed E-state index contributed by atoms with van der Waals surface area (Å²) in [6.07, 6.45) is 1.96. The van der Waals surface area contributed by atoms with Crippen LogP contribution in [0.2, 0.25) is 0 Å². The van der Waals surface area contributed by atoms with Crippen LogP contribution in [0.4, 0.5) is 11.4 Å². The molecule has 2 amide bonds. The van der Waals surface area contributed by atoms with Crippen LogP contribution in [0.1, 0.15) is 12.1 Å². The van der Waals surface area contributed by atoms with Gasteiger partial charge in [-0.2, -0.15) is 5.10 Å². The average molecular weight is 485 g/mol. The van der Waals surface area contributed by atoms with Crippen LogP contribution in [0.25, 0.3) is 5.82 Å². The van der Waals surface area contributed by atoms with Crippen molar-refractivity contribution in [1.82, 2.24) is 20.0 Å². The second-order valence-electron chi connectivity index (χ2n) is 8.35. The predicted octanol–water partition coefficient (Wildman–Crippen LogP) is 3.76. The molecule has 2 aromatic carbocycles. The molecule has 10 nitrogen and oxygen atoms in total. The number of nitrogens with one attached hydrogen (secondary N) is 1. The molecule has 10 heteroatoms. The lowest BCUT2D eigenvalue weighted by molar-refractivity contribution is -0.122. The van der Waals surface area contributed by atoms with Crippen molar-refractivity contribution in [3.63, 3.8) is 0 Å². The number of carbonyl (C=O) groups is 2. The Morgan fingerprint density at radius 3 is 2.56 bits per heavy atom. The van der Waals surface area contributed by atoms with Crippen LogP contribution in [-0.4, -0.2) is 45.4 Å². The van der Waals surface area contributed by atoms with Gasteiger partial charge in [-0.15, -0.1) is 10.2 Å². The van der Waals surface area contributed by atoms with Crippen LogP contribution in [0.3, 0.4) is 0 Å². The number of methoxy groups -OCH3 is 1. The maximum Gasteiger partial charge on any atom is 0.238 e. The van der Waals surface area contributed by atoms with Crippen LogP contribution in [0.15, 0.2) is 72.9 Å². The number of hydrogen-bond donors (Lipinski definition) is 1. The summed E-state index contributed by atoms with van der Waals surface area (Å²) in [5, 5.41) is 15.4. The van der Waals surface area contributed by atoms with E-state index >= 15 is 0 Å². The van der Waals surface area contributed by atoms with Crippen molar-refractivity contribution in [2.75, 3.05) is 23.9 Å². The Balaban J connectivity index is 1.18. The van der Waals surface area contributed by atoms with E-state index < -0.39 is 5.92 Å². The first-order chi connectivity index (χ1) is 17.5. The van der Waals surface area contributed by atoms with Crippen molar-refractivity contribution in [3.05, 3.63) is 78.6 Å². The van der Waals surface area contributed by atoms with Gasteiger partial charge in [-0.3, -0.25) is 9.59 Å². The van der Waals surface area contributed by atoms with Crippen LogP contribution in [0, 0.1) is 12.8 Å². The first-order valence-electron chi connectivity index (χ1n) is 11.4. The molecule has 182 valence electrons. The van der Waals surface area contributed by atoms with Gasteiger partial charge in [0.05, 0.1) is 18.7 Å². The summed E-state index contributed by atoms with van der Waals surface area (Å²) in [5.74, 6) is 1.37. The van der Waals surface area contributed by atoms with Crippen molar-refractivity contribution >= 4 is 23.2 Å². The fourth-order valence-electron chi connectivity index (χ4n) is 3.91. The quantitative estimate of drug-likeness (QED) is 0.425. The van der Waals surface area contributed by atoms with Gasteiger partial charge in [0.25, 0.3) is 0 Å². The number of rotatable bonds is 7. The zero-order valence-electron chi connectivity index (χ0n) is 19.8. The maximum atomic E-state index is 12.8. The van der Waals surface area contributed by atoms with Gasteiger partial charge in [0, 0.05) is 42.7 Å². The SMILES string of the molecule is COc1cccc(N2CC(C(=O)Nc3ccc(Oc4ccc(-n5ccc(C)n5)nn4)cc3)CC2=O)c1. The zero-order valence-corrected chi connectivity index (χ0v) is 19.8. The van der Waals surface area contributed by atoms with E-state index in [9.17, 15) is 9.59 Å². The second-order valence-corrected chi connectivity index (χ2v) is 8.35. The normalized spacial score (nSPS) is 15.1. The first kappa shape index (κ1) is 23.0. The second kappa shape index (κ2) is 9.87. The molecule has 1 fully saturated rings. The monoisotopic (exact) mass is 484 g/mol. The Morgan fingerprint density at radius 2 is 1.86 bits per heavy atom. The van der Waals surface area contributed by atoms with Gasteiger partial charge in [-0.25, -0.2) is 4.68 Å². The summed E-state index contributed by atoms with van der Waals surface area (Å²) in [7, 11) is 1.57. The molecule has 4 aromatic rings. The van der Waals surface area contributed by atoms with Crippen molar-refractivity contribution in [1.29, 1.82) is 0 Å². The van der Waals surface area contributed by atoms with Crippen LogP contribution in [0.5, 0.6) is 17.4 Å². The van der Waals surface area contributed by atoms with Gasteiger partial charge in [0.1, 0.15) is 11.5 Å². The highest BCUT2D eigenvalue weighted by atomic mass is 16.5. The zero-order chi connectivity index (χ0) is 25.1. The number of amides is 2. The lowest BCUT2D eigenvalue weighted by Crippen LogP contribution is -2.28. The highest BCUT2D eigenvalue weighted by molar-refractivity contribution is 6.03. The Bertz CT molecular complexity index is 1380. The highest BCUT2D eigenvalue weighted by Crippen LogP contribution is 2.29. The van der Waals surface area contributed by atoms with Crippen LogP contribution in [-0.2, 0) is 9.59 Å². The molecule has 5 rings (SSSR count). The third kappa shape index (κ3) is 5.02. The van der Waals surface area contributed by atoms with E-state index in [4.69, 9.17) is 9.47 Å². The van der Waals surface area contributed by atoms with E-state index in [1.165, 1.54) is 0 Å². The fourth-order valence-corrected chi connectivity index (χ4v) is 3.91. The molecule has 0 aliphatic carbocycles. The summed E-state index contributed by atoms with van der Waals surface area (Å²) in [6, 6.07) is 19.5. The largest absolute Gasteiger partial charge is 0.497 e. The lowest BCUT2D eigenvalue weighted by Gasteiger charge is -2.17. The molecular weight excluding hydrogens is 460 g/mol. The molecule has 1 unspecified atom stereocenters. The van der Waals surface area contributed by atoms with E-state index in [2.05, 4.69) is 20.6 Å². The van der Waals surface area contributed by atoms with Crippen molar-refractivity contribution in [2.24, 2.45) is 5.92 Å². The van der Waals surface area contributed by atoms with E-state index in [-0.39, 0.29) is 18.2 Å². The minimum Gasteiger partial charge on any atom is -0.497 e. The molecule has 1 aliphatic heterocycles. The Labute approximate surface area is 207 Å². The molecule has 0 saturated carbocycles. The number of aryl methyl sites for hydroxylation is 1. The average Bonchev–Trinajstić information content (AvgIpc) is 3.51. The Kier molecular flexibility index (Phi) is 6.31. The number of hydrogen-bond acceptors (Lipinski definition) is 7. The molecular formula is C26H24N6O4. The van der Waals surface area contributed by atoms with E-state index in [1.807, 2.05) is 37.4 Å². The molecule has 1 N–H and O–H groups in total. The molecule has 3 heterocycles.